The van der Waals surface area contributed by atoms with Crippen molar-refractivity contribution in [3.8, 4) is 11.8 Å². The molecule has 0 saturated carbocycles. The van der Waals surface area contributed by atoms with E-state index in [9.17, 15) is 30.1 Å². The monoisotopic (exact) mass is 470 g/mol. The van der Waals surface area contributed by atoms with Crippen LogP contribution in [-0.4, -0.2) is 25.8 Å². The first kappa shape index (κ1) is 22.7. The summed E-state index contributed by atoms with van der Waals surface area (Å²) in [6.07, 6.45) is 2.43. The maximum Gasteiger partial charge on any atom is 0.357 e. The first-order valence-electron chi connectivity index (χ1n) is 8.83. The Morgan fingerprint density at radius 1 is 1.22 bits per heavy atom. The number of hydrogen-bond donors (Lipinski definition) is 1. The third kappa shape index (κ3) is 4.37. The van der Waals surface area contributed by atoms with Crippen molar-refractivity contribution in [2.75, 3.05) is 0 Å². The Balaban J connectivity index is 2.23. The van der Waals surface area contributed by atoms with E-state index in [1.807, 2.05) is 0 Å². The Bertz CT molecular complexity index is 1410. The summed E-state index contributed by atoms with van der Waals surface area (Å²) in [5, 5.41) is 34.6. The molecule has 0 saturated heterocycles. The fourth-order valence-electron chi connectivity index (χ4n) is 2.80. The number of hydrogen-bond acceptors (Lipinski definition) is 6. The quantitative estimate of drug-likeness (QED) is 0.427. The summed E-state index contributed by atoms with van der Waals surface area (Å²) in [6, 6.07) is 9.96. The lowest BCUT2D eigenvalue weighted by Crippen LogP contribution is -2.28. The highest BCUT2D eigenvalue weighted by atomic mass is 35.5. The van der Waals surface area contributed by atoms with Crippen LogP contribution in [0.1, 0.15) is 32.7 Å². The zero-order valence-corrected chi connectivity index (χ0v) is 17.8. The molecule has 0 aliphatic carbocycles. The van der Waals surface area contributed by atoms with Gasteiger partial charge in [0.15, 0.2) is 5.69 Å². The minimum Gasteiger partial charge on any atom is -0.476 e. The molecule has 0 bridgehead atoms. The number of carbonyl (C=O) groups is 1. The largest absolute Gasteiger partial charge is 0.476 e. The number of rotatable bonds is 5. The molecule has 0 unspecified atom stereocenters. The first-order chi connectivity index (χ1) is 15.1. The van der Waals surface area contributed by atoms with Crippen LogP contribution in [0.4, 0.5) is 5.69 Å². The van der Waals surface area contributed by atoms with E-state index in [4.69, 9.17) is 23.2 Å². The Morgan fingerprint density at radius 2 is 1.94 bits per heavy atom. The van der Waals surface area contributed by atoms with E-state index in [-0.39, 0.29) is 27.5 Å². The zero-order valence-electron chi connectivity index (χ0n) is 16.2. The molecule has 0 atom stereocenters. The predicted octanol–water partition coefficient (Wildman–Crippen LogP) is 4.50. The van der Waals surface area contributed by atoms with E-state index in [1.54, 1.807) is 19.1 Å². The van der Waals surface area contributed by atoms with Gasteiger partial charge >= 0.3 is 5.97 Å². The number of carboxylic acids is 1. The van der Waals surface area contributed by atoms with Crippen molar-refractivity contribution in [1.29, 1.82) is 5.26 Å². The number of nitro benzene ring substituents is 1. The molecule has 3 rings (SSSR count). The molecule has 3 aromatic rings. The molecule has 2 aromatic carbocycles. The average Bonchev–Trinajstić information content (AvgIpc) is 2.74. The maximum absolute atomic E-state index is 12.9. The molecule has 1 N–H and O–H groups in total. The summed E-state index contributed by atoms with van der Waals surface area (Å²) in [7, 11) is 0. The Labute approximate surface area is 190 Å². The molecule has 0 spiro atoms. The number of non-ortho nitro benzene ring substituents is 1. The van der Waals surface area contributed by atoms with Crippen molar-refractivity contribution in [3.05, 3.63) is 94.9 Å². The SMILES string of the molecule is Cc1ccc(-n2nc(C(=O)O)c(/C=C\c3cc([N+](=O)[O-])ccc3Cl)c(C#N)c2=O)cc1Cl. The standard InChI is InChI=1S/C21H12Cl2N4O5/c1-11-2-4-13(9-18(11)23)26-20(28)16(10-24)15(19(25-26)21(29)30)6-3-12-8-14(27(31)32)5-7-17(12)22/h2-9H,1H3,(H,29,30)/b6-3-. The fourth-order valence-corrected chi connectivity index (χ4v) is 3.16. The van der Waals surface area contributed by atoms with Crippen LogP contribution in [0.5, 0.6) is 0 Å². The van der Waals surface area contributed by atoms with Gasteiger partial charge in [-0.25, -0.2) is 4.79 Å². The average molecular weight is 471 g/mol. The van der Waals surface area contributed by atoms with E-state index in [0.717, 1.165) is 16.3 Å². The van der Waals surface area contributed by atoms with E-state index in [1.165, 1.54) is 36.4 Å². The van der Waals surface area contributed by atoms with Gasteiger partial charge in [-0.1, -0.05) is 41.4 Å². The Morgan fingerprint density at radius 3 is 2.53 bits per heavy atom. The van der Waals surface area contributed by atoms with Crippen LogP contribution in [-0.2, 0) is 0 Å². The summed E-state index contributed by atoms with van der Waals surface area (Å²) < 4.78 is 0.783. The number of nitro groups is 1. The van der Waals surface area contributed by atoms with Gasteiger partial charge in [0.25, 0.3) is 11.2 Å². The number of nitriles is 1. The van der Waals surface area contributed by atoms with E-state index in [2.05, 4.69) is 5.10 Å². The molecule has 0 aliphatic heterocycles. The summed E-state index contributed by atoms with van der Waals surface area (Å²) in [5.41, 5.74) is -1.31. The molecule has 0 amide bonds. The van der Waals surface area contributed by atoms with Gasteiger partial charge in [0, 0.05) is 27.7 Å². The first-order valence-corrected chi connectivity index (χ1v) is 9.59. The molecule has 1 aromatic heterocycles. The van der Waals surface area contributed by atoms with Crippen LogP contribution in [0, 0.1) is 28.4 Å². The number of aryl methyl sites for hydroxylation is 1. The second kappa shape index (κ2) is 9.01. The molecule has 11 heteroatoms. The molecular formula is C21H12Cl2N4O5. The highest BCUT2D eigenvalue weighted by molar-refractivity contribution is 6.32. The summed E-state index contributed by atoms with van der Waals surface area (Å²) in [5.74, 6) is -1.49. The lowest BCUT2D eigenvalue weighted by atomic mass is 10.1. The smallest absolute Gasteiger partial charge is 0.357 e. The molecule has 1 heterocycles. The van der Waals surface area contributed by atoms with Gasteiger partial charge in [0.1, 0.15) is 11.6 Å². The van der Waals surface area contributed by atoms with Gasteiger partial charge in [0.2, 0.25) is 0 Å². The fraction of sp³-hybridized carbons (Fsp3) is 0.0476. The zero-order chi connectivity index (χ0) is 23.6. The number of benzene rings is 2. The van der Waals surface area contributed by atoms with Gasteiger partial charge in [-0.3, -0.25) is 14.9 Å². The molecule has 0 radical (unpaired) electrons. The van der Waals surface area contributed by atoms with Crippen molar-refractivity contribution in [2.24, 2.45) is 0 Å². The van der Waals surface area contributed by atoms with Crippen LogP contribution < -0.4 is 5.56 Å². The molecule has 9 nitrogen and oxygen atoms in total. The van der Waals surface area contributed by atoms with Crippen LogP contribution in [0.3, 0.4) is 0 Å². The second-order valence-corrected chi connectivity index (χ2v) is 7.32. The van der Waals surface area contributed by atoms with Crippen molar-refractivity contribution in [2.45, 2.75) is 6.92 Å². The molecule has 32 heavy (non-hydrogen) atoms. The number of aromatic nitrogens is 2. The normalized spacial score (nSPS) is 10.8. The van der Waals surface area contributed by atoms with Gasteiger partial charge in [-0.05, 0) is 36.2 Å². The Hall–Kier alpha value is -4.00. The van der Waals surface area contributed by atoms with Crippen molar-refractivity contribution < 1.29 is 14.8 Å². The molecular weight excluding hydrogens is 459 g/mol. The minimum absolute atomic E-state index is 0.151. The lowest BCUT2D eigenvalue weighted by Gasteiger charge is -2.10. The number of nitrogens with zero attached hydrogens (tertiary/aromatic N) is 4. The third-order valence-corrected chi connectivity index (χ3v) is 5.22. The minimum atomic E-state index is -1.49. The number of halogens is 2. The predicted molar refractivity (Wildman–Crippen MR) is 118 cm³/mol. The van der Waals surface area contributed by atoms with Crippen LogP contribution in [0.15, 0.2) is 41.2 Å². The van der Waals surface area contributed by atoms with Crippen molar-refractivity contribution in [3.63, 3.8) is 0 Å². The molecule has 160 valence electrons. The highest BCUT2D eigenvalue weighted by Crippen LogP contribution is 2.25. The van der Waals surface area contributed by atoms with E-state index < -0.39 is 27.7 Å². The summed E-state index contributed by atoms with van der Waals surface area (Å²) >= 11 is 12.2. The second-order valence-electron chi connectivity index (χ2n) is 6.50. The Kier molecular flexibility index (Phi) is 6.39. The van der Waals surface area contributed by atoms with Crippen molar-refractivity contribution in [1.82, 2.24) is 9.78 Å². The number of aromatic carboxylic acids is 1. The highest BCUT2D eigenvalue weighted by Gasteiger charge is 2.21. The summed E-state index contributed by atoms with van der Waals surface area (Å²) in [4.78, 5) is 35.2. The van der Waals surface area contributed by atoms with Crippen LogP contribution in [0.2, 0.25) is 10.0 Å². The molecule has 0 fully saturated rings. The van der Waals surface area contributed by atoms with Gasteiger partial charge in [-0.2, -0.15) is 15.0 Å². The van der Waals surface area contributed by atoms with Crippen molar-refractivity contribution >= 4 is 47.0 Å². The topological polar surface area (TPSA) is 139 Å². The third-order valence-electron chi connectivity index (χ3n) is 4.47. The maximum atomic E-state index is 12.9. The van der Waals surface area contributed by atoms with Gasteiger partial charge in [0.05, 0.1) is 10.6 Å². The van der Waals surface area contributed by atoms with E-state index >= 15 is 0 Å². The summed E-state index contributed by atoms with van der Waals surface area (Å²) in [6.45, 7) is 1.75. The van der Waals surface area contributed by atoms with E-state index in [0.29, 0.717) is 5.02 Å². The lowest BCUT2D eigenvalue weighted by molar-refractivity contribution is -0.384. The molecule has 0 aliphatic rings. The number of carboxylic acid groups (broad SMARTS) is 1. The van der Waals surface area contributed by atoms with Crippen LogP contribution in [0.25, 0.3) is 17.8 Å². The van der Waals surface area contributed by atoms with Gasteiger partial charge in [-0.15, -0.1) is 0 Å². The van der Waals surface area contributed by atoms with Crippen LogP contribution >= 0.6 is 23.2 Å². The van der Waals surface area contributed by atoms with Gasteiger partial charge < -0.3 is 5.11 Å².